The Morgan fingerprint density at radius 1 is 1.58 bits per heavy atom. The van der Waals surface area contributed by atoms with Crippen molar-refractivity contribution < 1.29 is 0 Å². The van der Waals surface area contributed by atoms with Crippen LogP contribution in [0.1, 0.15) is 4.88 Å². The van der Waals surface area contributed by atoms with Gasteiger partial charge in [0.05, 0.1) is 12.7 Å². The third-order valence-electron chi connectivity index (χ3n) is 1.41. The highest BCUT2D eigenvalue weighted by Gasteiger charge is 1.98. The molecule has 3 nitrogen and oxygen atoms in total. The van der Waals surface area contributed by atoms with E-state index in [0.717, 1.165) is 11.0 Å². The summed E-state index contributed by atoms with van der Waals surface area (Å²) in [6.07, 6.45) is 3.54. The Morgan fingerprint density at radius 3 is 3.08 bits per heavy atom. The van der Waals surface area contributed by atoms with Gasteiger partial charge in [-0.1, -0.05) is 5.21 Å². The molecule has 2 aromatic heterocycles. The maximum absolute atomic E-state index is 3.88. The lowest BCUT2D eigenvalue weighted by Crippen LogP contribution is -1.97. The maximum Gasteiger partial charge on any atom is 0.0770 e. The Morgan fingerprint density at radius 2 is 2.50 bits per heavy atom. The maximum atomic E-state index is 3.88. The molecule has 62 valence electrons. The lowest BCUT2D eigenvalue weighted by molar-refractivity contribution is 0.656. The van der Waals surface area contributed by atoms with Crippen molar-refractivity contribution >= 4 is 27.3 Å². The fourth-order valence-corrected chi connectivity index (χ4v) is 2.36. The second-order valence-corrected chi connectivity index (χ2v) is 4.24. The van der Waals surface area contributed by atoms with E-state index in [0.29, 0.717) is 0 Å². The summed E-state index contributed by atoms with van der Waals surface area (Å²) in [6.45, 7) is 0.802. The minimum absolute atomic E-state index is 0.802. The first-order chi connectivity index (χ1) is 5.84. The highest BCUT2D eigenvalue weighted by Crippen LogP contribution is 2.19. The van der Waals surface area contributed by atoms with Gasteiger partial charge in [-0.3, -0.25) is 0 Å². The number of hydrogen-bond donors (Lipinski definition) is 0. The summed E-state index contributed by atoms with van der Waals surface area (Å²) in [4.78, 5) is 1.27. The first kappa shape index (κ1) is 7.94. The molecule has 0 unspecified atom stereocenters. The van der Waals surface area contributed by atoms with Gasteiger partial charge in [0.1, 0.15) is 0 Å². The van der Waals surface area contributed by atoms with Gasteiger partial charge in [-0.15, -0.1) is 16.4 Å². The molecule has 2 rings (SSSR count). The second kappa shape index (κ2) is 3.37. The summed E-state index contributed by atoms with van der Waals surface area (Å²) in [7, 11) is 0. The Hall–Kier alpha value is -0.680. The summed E-state index contributed by atoms with van der Waals surface area (Å²) in [5, 5.41) is 9.67. The van der Waals surface area contributed by atoms with Crippen LogP contribution in [0.3, 0.4) is 0 Å². The SMILES string of the molecule is Brc1csc(Cn2ccnn2)c1. The second-order valence-electron chi connectivity index (χ2n) is 2.33. The molecule has 0 N–H and O–H groups in total. The normalized spacial score (nSPS) is 10.4. The van der Waals surface area contributed by atoms with Crippen LogP contribution >= 0.6 is 27.3 Å². The summed E-state index contributed by atoms with van der Waals surface area (Å²) in [5.74, 6) is 0. The number of halogens is 1. The van der Waals surface area contributed by atoms with Crippen LogP contribution < -0.4 is 0 Å². The molecule has 0 amide bonds. The third kappa shape index (κ3) is 1.73. The fourth-order valence-electron chi connectivity index (χ4n) is 0.913. The molecule has 0 aliphatic rings. The van der Waals surface area contributed by atoms with E-state index >= 15 is 0 Å². The molecule has 2 aromatic rings. The molecule has 0 aliphatic heterocycles. The molecule has 0 atom stereocenters. The summed E-state index contributed by atoms with van der Waals surface area (Å²) in [5.41, 5.74) is 0. The van der Waals surface area contributed by atoms with Gasteiger partial charge in [0.25, 0.3) is 0 Å². The van der Waals surface area contributed by atoms with Gasteiger partial charge >= 0.3 is 0 Å². The zero-order valence-electron chi connectivity index (χ0n) is 6.14. The van der Waals surface area contributed by atoms with Crippen LogP contribution in [0.25, 0.3) is 0 Å². The third-order valence-corrected chi connectivity index (χ3v) is 3.09. The molecule has 0 bridgehead atoms. The van der Waals surface area contributed by atoms with Crippen LogP contribution in [0, 0.1) is 0 Å². The minimum atomic E-state index is 0.802. The van der Waals surface area contributed by atoms with Crippen molar-refractivity contribution in [3.63, 3.8) is 0 Å². The van der Waals surface area contributed by atoms with Crippen LogP contribution in [-0.2, 0) is 6.54 Å². The number of rotatable bonds is 2. The Labute approximate surface area is 82.2 Å². The first-order valence-corrected chi connectivity index (χ1v) is 5.09. The van der Waals surface area contributed by atoms with Crippen molar-refractivity contribution in [1.82, 2.24) is 15.0 Å². The molecular weight excluding hydrogens is 238 g/mol. The summed E-state index contributed by atoms with van der Waals surface area (Å²) >= 11 is 5.11. The summed E-state index contributed by atoms with van der Waals surface area (Å²) in [6, 6.07) is 2.09. The lowest BCUT2D eigenvalue weighted by Gasteiger charge is -1.94. The molecule has 0 fully saturated rings. The van der Waals surface area contributed by atoms with Crippen LogP contribution in [0.2, 0.25) is 0 Å². The van der Waals surface area contributed by atoms with Gasteiger partial charge < -0.3 is 0 Å². The molecule has 2 heterocycles. The van der Waals surface area contributed by atoms with Gasteiger partial charge in [-0.2, -0.15) is 0 Å². The Bertz CT molecular complexity index is 354. The fraction of sp³-hybridized carbons (Fsp3) is 0.143. The topological polar surface area (TPSA) is 30.7 Å². The highest BCUT2D eigenvalue weighted by atomic mass is 79.9. The van der Waals surface area contributed by atoms with Crippen LogP contribution in [-0.4, -0.2) is 15.0 Å². The number of thiophene rings is 1. The van der Waals surface area contributed by atoms with E-state index in [2.05, 4.69) is 37.7 Å². The number of aromatic nitrogens is 3. The molecule has 12 heavy (non-hydrogen) atoms. The zero-order chi connectivity index (χ0) is 8.39. The predicted molar refractivity (Wildman–Crippen MR) is 51.1 cm³/mol. The Balaban J connectivity index is 2.14. The van der Waals surface area contributed by atoms with E-state index in [4.69, 9.17) is 0 Å². The minimum Gasteiger partial charge on any atom is -0.247 e. The first-order valence-electron chi connectivity index (χ1n) is 3.41. The van der Waals surface area contributed by atoms with Crippen molar-refractivity contribution in [3.05, 3.63) is 33.2 Å². The quantitative estimate of drug-likeness (QED) is 0.810. The van der Waals surface area contributed by atoms with Crippen molar-refractivity contribution in [1.29, 1.82) is 0 Å². The molecule has 0 aromatic carbocycles. The molecule has 5 heteroatoms. The van der Waals surface area contributed by atoms with E-state index in [9.17, 15) is 0 Å². The smallest absolute Gasteiger partial charge is 0.0770 e. The average molecular weight is 244 g/mol. The van der Waals surface area contributed by atoms with Gasteiger partial charge in [0.15, 0.2) is 0 Å². The predicted octanol–water partition coefficient (Wildman–Crippen LogP) is 2.15. The van der Waals surface area contributed by atoms with Gasteiger partial charge in [-0.05, 0) is 22.0 Å². The van der Waals surface area contributed by atoms with E-state index < -0.39 is 0 Å². The number of hydrogen-bond acceptors (Lipinski definition) is 3. The average Bonchev–Trinajstić information content (AvgIpc) is 2.63. The molecule has 0 saturated heterocycles. The van der Waals surface area contributed by atoms with Crippen molar-refractivity contribution in [2.45, 2.75) is 6.54 Å². The zero-order valence-corrected chi connectivity index (χ0v) is 8.55. The van der Waals surface area contributed by atoms with Crippen LogP contribution in [0.4, 0.5) is 0 Å². The molecule has 0 radical (unpaired) electrons. The summed E-state index contributed by atoms with van der Waals surface area (Å²) < 4.78 is 2.93. The monoisotopic (exact) mass is 243 g/mol. The van der Waals surface area contributed by atoms with E-state index in [1.54, 1.807) is 22.2 Å². The lowest BCUT2D eigenvalue weighted by atomic mass is 10.5. The van der Waals surface area contributed by atoms with Gasteiger partial charge in [0.2, 0.25) is 0 Å². The van der Waals surface area contributed by atoms with Crippen LogP contribution in [0.15, 0.2) is 28.3 Å². The molecule has 0 aliphatic carbocycles. The van der Waals surface area contributed by atoms with Gasteiger partial charge in [-0.25, -0.2) is 4.68 Å². The largest absolute Gasteiger partial charge is 0.247 e. The highest BCUT2D eigenvalue weighted by molar-refractivity contribution is 9.10. The molecule has 0 spiro atoms. The standard InChI is InChI=1S/C7H6BrN3S/c8-6-3-7(12-5-6)4-11-2-1-9-10-11/h1-3,5H,4H2. The van der Waals surface area contributed by atoms with Crippen LogP contribution in [0.5, 0.6) is 0 Å². The van der Waals surface area contributed by atoms with E-state index in [-0.39, 0.29) is 0 Å². The molecule has 0 saturated carbocycles. The Kier molecular flexibility index (Phi) is 2.23. The molecular formula is C7H6BrN3S. The van der Waals surface area contributed by atoms with Gasteiger partial charge in [0, 0.05) is 20.9 Å². The van der Waals surface area contributed by atoms with E-state index in [1.807, 2.05) is 6.20 Å². The van der Waals surface area contributed by atoms with Crippen molar-refractivity contribution in [3.8, 4) is 0 Å². The van der Waals surface area contributed by atoms with E-state index in [1.165, 1.54) is 4.88 Å². The number of nitrogens with zero attached hydrogens (tertiary/aromatic N) is 3. The van der Waals surface area contributed by atoms with Crippen molar-refractivity contribution in [2.75, 3.05) is 0 Å². The van der Waals surface area contributed by atoms with Crippen molar-refractivity contribution in [2.24, 2.45) is 0 Å².